The van der Waals surface area contributed by atoms with Gasteiger partial charge in [-0.05, 0) is 24.3 Å². The van der Waals surface area contributed by atoms with Gasteiger partial charge in [0.1, 0.15) is 11.4 Å². The lowest BCUT2D eigenvalue weighted by Crippen LogP contribution is -2.28. The molecule has 0 aliphatic rings. The molecule has 0 atom stereocenters. The number of rotatable bonds is 5. The number of nitrogens with one attached hydrogen (secondary N) is 2. The van der Waals surface area contributed by atoms with E-state index in [1.807, 2.05) is 24.3 Å². The fraction of sp³-hybridized carbons (Fsp3) is 0.125. The van der Waals surface area contributed by atoms with Crippen LogP contribution in [-0.2, 0) is 6.54 Å². The molecule has 24 heavy (non-hydrogen) atoms. The van der Waals surface area contributed by atoms with E-state index in [0.29, 0.717) is 17.1 Å². The number of amides is 2. The van der Waals surface area contributed by atoms with Gasteiger partial charge in [-0.1, -0.05) is 17.3 Å². The first-order valence-corrected chi connectivity index (χ1v) is 7.26. The van der Waals surface area contributed by atoms with Crippen LogP contribution in [-0.4, -0.2) is 33.1 Å². The average molecular weight is 324 g/mol. The molecular formula is C16H16N6O2. The number of para-hydroxylation sites is 2. The van der Waals surface area contributed by atoms with Gasteiger partial charge in [0.25, 0.3) is 0 Å². The van der Waals surface area contributed by atoms with E-state index in [-0.39, 0.29) is 12.6 Å². The number of aromatic nitrogens is 4. The number of nitrogens with zero attached hydrogens (tertiary/aromatic N) is 4. The van der Waals surface area contributed by atoms with Gasteiger partial charge in [0.2, 0.25) is 0 Å². The van der Waals surface area contributed by atoms with Gasteiger partial charge in [-0.25, -0.2) is 9.48 Å². The molecule has 2 N–H and O–H groups in total. The summed E-state index contributed by atoms with van der Waals surface area (Å²) in [6, 6.07) is 10.5. The van der Waals surface area contributed by atoms with Crippen LogP contribution in [0.4, 0.5) is 10.5 Å². The second-order valence-electron chi connectivity index (χ2n) is 4.87. The molecule has 0 spiro atoms. The number of carbonyl (C=O) groups is 1. The number of anilines is 1. The van der Waals surface area contributed by atoms with Gasteiger partial charge in [0.15, 0.2) is 0 Å². The maximum Gasteiger partial charge on any atom is 0.319 e. The van der Waals surface area contributed by atoms with E-state index in [1.165, 1.54) is 0 Å². The van der Waals surface area contributed by atoms with Gasteiger partial charge in [-0.2, -0.15) is 0 Å². The molecule has 122 valence electrons. The molecule has 2 heterocycles. The Hall–Kier alpha value is -3.42. The molecule has 3 aromatic rings. The van der Waals surface area contributed by atoms with Crippen molar-refractivity contribution < 1.29 is 9.53 Å². The normalized spacial score (nSPS) is 10.2. The third-order valence-corrected chi connectivity index (χ3v) is 3.25. The molecule has 0 aliphatic heterocycles. The topological polar surface area (TPSA) is 94.0 Å². The maximum atomic E-state index is 12.0. The molecule has 0 aliphatic carbocycles. The summed E-state index contributed by atoms with van der Waals surface area (Å²) < 4.78 is 6.81. The van der Waals surface area contributed by atoms with Crippen molar-refractivity contribution in [3.05, 3.63) is 60.7 Å². The monoisotopic (exact) mass is 324 g/mol. The number of carbonyl (C=O) groups excluding carboxylic acids is 1. The van der Waals surface area contributed by atoms with Gasteiger partial charge in [0, 0.05) is 12.4 Å². The van der Waals surface area contributed by atoms with Gasteiger partial charge >= 0.3 is 6.03 Å². The SMILES string of the molecule is COc1ccccc1NC(=O)NCc1cn(-c2ccncc2)nn1. The second-order valence-corrected chi connectivity index (χ2v) is 4.87. The van der Waals surface area contributed by atoms with Crippen molar-refractivity contribution >= 4 is 11.7 Å². The van der Waals surface area contributed by atoms with Crippen molar-refractivity contribution in [2.45, 2.75) is 6.54 Å². The molecule has 2 aromatic heterocycles. The average Bonchev–Trinajstić information content (AvgIpc) is 3.10. The van der Waals surface area contributed by atoms with E-state index in [0.717, 1.165) is 5.69 Å². The highest BCUT2D eigenvalue weighted by atomic mass is 16.5. The van der Waals surface area contributed by atoms with Crippen LogP contribution in [0.25, 0.3) is 5.69 Å². The van der Waals surface area contributed by atoms with Gasteiger partial charge < -0.3 is 15.4 Å². The molecule has 8 heteroatoms. The van der Waals surface area contributed by atoms with Crippen LogP contribution in [0, 0.1) is 0 Å². The Morgan fingerprint density at radius 2 is 2.00 bits per heavy atom. The number of benzene rings is 1. The summed E-state index contributed by atoms with van der Waals surface area (Å²) in [7, 11) is 1.55. The lowest BCUT2D eigenvalue weighted by atomic mass is 10.3. The van der Waals surface area contributed by atoms with Crippen LogP contribution in [0.2, 0.25) is 0 Å². The Morgan fingerprint density at radius 1 is 1.21 bits per heavy atom. The highest BCUT2D eigenvalue weighted by Crippen LogP contribution is 2.22. The van der Waals surface area contributed by atoms with E-state index < -0.39 is 0 Å². The fourth-order valence-corrected chi connectivity index (χ4v) is 2.09. The fourth-order valence-electron chi connectivity index (χ4n) is 2.09. The number of hydrogen-bond acceptors (Lipinski definition) is 5. The van der Waals surface area contributed by atoms with E-state index in [4.69, 9.17) is 4.74 Å². The van der Waals surface area contributed by atoms with E-state index in [2.05, 4.69) is 25.9 Å². The predicted molar refractivity (Wildman–Crippen MR) is 88.0 cm³/mol. The minimum Gasteiger partial charge on any atom is -0.495 e. The Kier molecular flexibility index (Phi) is 4.66. The maximum absolute atomic E-state index is 12.0. The van der Waals surface area contributed by atoms with E-state index in [9.17, 15) is 4.79 Å². The second kappa shape index (κ2) is 7.23. The zero-order chi connectivity index (χ0) is 16.8. The Morgan fingerprint density at radius 3 is 2.79 bits per heavy atom. The van der Waals surface area contributed by atoms with Gasteiger partial charge in [-0.15, -0.1) is 5.10 Å². The Bertz CT molecular complexity index is 818. The van der Waals surface area contributed by atoms with Crippen LogP contribution in [0.5, 0.6) is 5.75 Å². The standard InChI is InChI=1S/C16H16N6O2/c1-24-15-5-3-2-4-14(15)19-16(23)18-10-12-11-22(21-20-12)13-6-8-17-9-7-13/h2-9,11H,10H2,1H3,(H2,18,19,23). The molecule has 2 amide bonds. The molecular weight excluding hydrogens is 308 g/mol. The largest absolute Gasteiger partial charge is 0.495 e. The number of hydrogen-bond donors (Lipinski definition) is 2. The number of ether oxygens (including phenoxy) is 1. The number of urea groups is 1. The smallest absolute Gasteiger partial charge is 0.319 e. The minimum atomic E-state index is -0.349. The van der Waals surface area contributed by atoms with Crippen LogP contribution in [0.1, 0.15) is 5.69 Å². The van der Waals surface area contributed by atoms with E-state index in [1.54, 1.807) is 42.5 Å². The van der Waals surface area contributed by atoms with Crippen molar-refractivity contribution in [3.8, 4) is 11.4 Å². The highest BCUT2D eigenvalue weighted by Gasteiger charge is 2.08. The summed E-state index contributed by atoms with van der Waals surface area (Å²) in [5.41, 5.74) is 2.09. The first kappa shape index (κ1) is 15.5. The summed E-state index contributed by atoms with van der Waals surface area (Å²) >= 11 is 0. The minimum absolute atomic E-state index is 0.256. The zero-order valence-corrected chi connectivity index (χ0v) is 13.0. The molecule has 0 radical (unpaired) electrons. The van der Waals surface area contributed by atoms with Crippen LogP contribution >= 0.6 is 0 Å². The van der Waals surface area contributed by atoms with Crippen molar-refractivity contribution in [2.75, 3.05) is 12.4 Å². The molecule has 8 nitrogen and oxygen atoms in total. The van der Waals surface area contributed by atoms with Gasteiger partial charge in [-0.3, -0.25) is 4.98 Å². The highest BCUT2D eigenvalue weighted by molar-refractivity contribution is 5.90. The quantitative estimate of drug-likeness (QED) is 0.748. The number of methoxy groups -OCH3 is 1. The lowest BCUT2D eigenvalue weighted by molar-refractivity contribution is 0.251. The molecule has 0 saturated carbocycles. The van der Waals surface area contributed by atoms with Crippen molar-refractivity contribution in [1.82, 2.24) is 25.3 Å². The third-order valence-electron chi connectivity index (χ3n) is 3.25. The van der Waals surface area contributed by atoms with Gasteiger partial charge in [0.05, 0.1) is 31.2 Å². The van der Waals surface area contributed by atoms with Crippen molar-refractivity contribution in [2.24, 2.45) is 0 Å². The summed E-state index contributed by atoms with van der Waals surface area (Å²) in [5.74, 6) is 0.594. The van der Waals surface area contributed by atoms with Crippen LogP contribution in [0.3, 0.4) is 0 Å². The number of pyridine rings is 1. The summed E-state index contributed by atoms with van der Waals surface area (Å²) in [4.78, 5) is 15.9. The molecule has 0 fully saturated rings. The lowest BCUT2D eigenvalue weighted by Gasteiger charge is -2.10. The summed E-state index contributed by atoms with van der Waals surface area (Å²) in [5, 5.41) is 13.5. The zero-order valence-electron chi connectivity index (χ0n) is 13.0. The van der Waals surface area contributed by atoms with Crippen molar-refractivity contribution in [3.63, 3.8) is 0 Å². The van der Waals surface area contributed by atoms with E-state index >= 15 is 0 Å². The first-order chi connectivity index (χ1) is 11.8. The Labute approximate surface area is 138 Å². The first-order valence-electron chi connectivity index (χ1n) is 7.26. The molecule has 0 saturated heterocycles. The Balaban J connectivity index is 1.58. The van der Waals surface area contributed by atoms with Crippen LogP contribution in [0.15, 0.2) is 55.0 Å². The molecule has 0 unspecified atom stereocenters. The summed E-state index contributed by atoms with van der Waals surface area (Å²) in [6.07, 6.45) is 5.10. The van der Waals surface area contributed by atoms with Crippen LogP contribution < -0.4 is 15.4 Å². The molecule has 3 rings (SSSR count). The third kappa shape index (κ3) is 3.67. The summed E-state index contributed by atoms with van der Waals surface area (Å²) in [6.45, 7) is 0.256. The van der Waals surface area contributed by atoms with Crippen molar-refractivity contribution in [1.29, 1.82) is 0 Å². The molecule has 1 aromatic carbocycles. The molecule has 0 bridgehead atoms. The predicted octanol–water partition coefficient (Wildman–Crippen LogP) is 1.99.